The lowest BCUT2D eigenvalue weighted by Gasteiger charge is -2.49. The summed E-state index contributed by atoms with van der Waals surface area (Å²) in [5, 5.41) is 9.70. The fourth-order valence-electron chi connectivity index (χ4n) is 3.14. The van der Waals surface area contributed by atoms with Gasteiger partial charge in [-0.25, -0.2) is 4.79 Å². The Bertz CT molecular complexity index is 695. The number of likely N-dealkylation sites (tertiary alicyclic amines) is 1. The number of carboxylic acid groups (broad SMARTS) is 1. The first-order valence-electron chi connectivity index (χ1n) is 9.23. The lowest BCUT2D eigenvalue weighted by atomic mass is 9.83. The van der Waals surface area contributed by atoms with Gasteiger partial charge in [0.2, 0.25) is 5.91 Å². The van der Waals surface area contributed by atoms with E-state index in [0.29, 0.717) is 0 Å². The van der Waals surface area contributed by atoms with Crippen LogP contribution in [0.1, 0.15) is 33.3 Å². The van der Waals surface area contributed by atoms with E-state index in [1.807, 2.05) is 19.1 Å². The van der Waals surface area contributed by atoms with E-state index in [4.69, 9.17) is 9.16 Å². The zero-order chi connectivity index (χ0) is 20.6. The summed E-state index contributed by atoms with van der Waals surface area (Å²) in [6.07, 6.45) is -0.424. The van der Waals surface area contributed by atoms with E-state index in [0.717, 1.165) is 11.3 Å². The smallest absolute Gasteiger partial charge is 0.327 e. The van der Waals surface area contributed by atoms with Crippen molar-refractivity contribution in [2.75, 3.05) is 7.11 Å². The van der Waals surface area contributed by atoms with Gasteiger partial charge >= 0.3 is 5.97 Å². The van der Waals surface area contributed by atoms with E-state index < -0.39 is 32.4 Å². The van der Waals surface area contributed by atoms with Crippen LogP contribution in [0.3, 0.4) is 0 Å². The molecule has 1 fully saturated rings. The summed E-state index contributed by atoms with van der Waals surface area (Å²) in [5.74, 6) is -1.07. The van der Waals surface area contributed by atoms with E-state index in [1.54, 1.807) is 19.2 Å². The Hall–Kier alpha value is -1.86. The second-order valence-electron chi connectivity index (χ2n) is 8.71. The summed E-state index contributed by atoms with van der Waals surface area (Å²) >= 11 is 0. The van der Waals surface area contributed by atoms with Crippen molar-refractivity contribution < 1.29 is 23.9 Å². The molecule has 0 saturated carbocycles. The van der Waals surface area contributed by atoms with Gasteiger partial charge in [-0.3, -0.25) is 4.79 Å². The molecule has 1 saturated heterocycles. The van der Waals surface area contributed by atoms with Gasteiger partial charge in [-0.05, 0) is 42.8 Å². The molecule has 2 rings (SSSR count). The van der Waals surface area contributed by atoms with Gasteiger partial charge in [0.15, 0.2) is 8.32 Å². The number of nitrogens with zero attached hydrogens (tertiary/aromatic N) is 1. The zero-order valence-corrected chi connectivity index (χ0v) is 18.3. The van der Waals surface area contributed by atoms with Crippen LogP contribution in [0.2, 0.25) is 18.1 Å². The number of carbonyl (C=O) groups excluding carboxylic acids is 1. The van der Waals surface area contributed by atoms with Gasteiger partial charge in [0.25, 0.3) is 0 Å². The fraction of sp³-hybridized carbons (Fsp3) is 0.600. The third kappa shape index (κ3) is 4.35. The van der Waals surface area contributed by atoms with Crippen LogP contribution in [0, 0.1) is 5.92 Å². The third-order valence-corrected chi connectivity index (χ3v) is 10.4. The van der Waals surface area contributed by atoms with Gasteiger partial charge in [0, 0.05) is 6.54 Å². The van der Waals surface area contributed by atoms with Gasteiger partial charge in [0.05, 0.1) is 19.1 Å². The van der Waals surface area contributed by atoms with Crippen molar-refractivity contribution in [3.05, 3.63) is 29.8 Å². The number of hydrogen-bond acceptors (Lipinski definition) is 4. The maximum absolute atomic E-state index is 12.8. The van der Waals surface area contributed by atoms with Crippen LogP contribution in [0.15, 0.2) is 24.3 Å². The number of benzene rings is 1. The number of β-lactam (4-membered cyclic amide) rings is 1. The number of hydrogen-bond donors (Lipinski definition) is 1. The summed E-state index contributed by atoms with van der Waals surface area (Å²) in [6, 6.07) is 6.42. The number of carbonyl (C=O) groups is 2. The second kappa shape index (κ2) is 7.64. The molecule has 1 aromatic rings. The lowest BCUT2D eigenvalue weighted by molar-refractivity contribution is -0.177. The molecule has 0 aliphatic carbocycles. The Balaban J connectivity index is 2.13. The molecule has 1 aliphatic rings. The highest BCUT2D eigenvalue weighted by Gasteiger charge is 2.55. The van der Waals surface area contributed by atoms with Crippen LogP contribution >= 0.6 is 0 Å². The molecule has 1 aliphatic heterocycles. The van der Waals surface area contributed by atoms with Crippen molar-refractivity contribution in [3.8, 4) is 5.75 Å². The number of ether oxygens (including phenoxy) is 1. The maximum atomic E-state index is 12.8. The number of amides is 1. The average molecular weight is 394 g/mol. The van der Waals surface area contributed by atoms with Crippen molar-refractivity contribution in [1.82, 2.24) is 4.90 Å². The van der Waals surface area contributed by atoms with E-state index in [-0.39, 0.29) is 17.5 Å². The number of methoxy groups -OCH3 is 1. The molecule has 1 heterocycles. The SMILES string of the molecule is COc1ccc(CN2C(=O)[C@H]([C@@H](C)O[Si](C)(C)C(C)(C)C)[C@H]2C(=O)O)cc1. The Morgan fingerprint density at radius 3 is 2.26 bits per heavy atom. The van der Waals surface area contributed by atoms with Crippen molar-refractivity contribution in [3.63, 3.8) is 0 Å². The second-order valence-corrected chi connectivity index (χ2v) is 13.5. The molecule has 27 heavy (non-hydrogen) atoms. The molecule has 0 aromatic heterocycles. The molecule has 150 valence electrons. The van der Waals surface area contributed by atoms with Crippen LogP contribution in [0.5, 0.6) is 5.75 Å². The highest BCUT2D eigenvalue weighted by molar-refractivity contribution is 6.74. The monoisotopic (exact) mass is 393 g/mol. The van der Waals surface area contributed by atoms with Crippen molar-refractivity contribution in [2.24, 2.45) is 5.92 Å². The van der Waals surface area contributed by atoms with Gasteiger partial charge in [-0.15, -0.1) is 0 Å². The normalized spacial score (nSPS) is 21.6. The highest BCUT2D eigenvalue weighted by Crippen LogP contribution is 2.40. The summed E-state index contributed by atoms with van der Waals surface area (Å²) in [7, 11) is -0.505. The van der Waals surface area contributed by atoms with Gasteiger partial charge in [-0.1, -0.05) is 32.9 Å². The molecule has 0 radical (unpaired) electrons. The van der Waals surface area contributed by atoms with E-state index in [1.165, 1.54) is 4.90 Å². The zero-order valence-electron chi connectivity index (χ0n) is 17.3. The predicted octanol–water partition coefficient (Wildman–Crippen LogP) is 3.52. The summed E-state index contributed by atoms with van der Waals surface area (Å²) in [4.78, 5) is 26.0. The Kier molecular flexibility index (Phi) is 6.06. The molecule has 3 atom stereocenters. The lowest BCUT2D eigenvalue weighted by Crippen LogP contribution is -2.67. The summed E-state index contributed by atoms with van der Waals surface area (Å²) < 4.78 is 11.4. The number of aliphatic carboxylic acids is 1. The molecule has 7 heteroatoms. The molecule has 0 unspecified atom stereocenters. The van der Waals surface area contributed by atoms with Gasteiger partial charge in [0.1, 0.15) is 11.8 Å². The minimum Gasteiger partial charge on any atom is -0.497 e. The van der Waals surface area contributed by atoms with E-state index >= 15 is 0 Å². The van der Waals surface area contributed by atoms with E-state index in [2.05, 4.69) is 33.9 Å². The fourth-order valence-corrected chi connectivity index (χ4v) is 4.57. The first-order valence-corrected chi connectivity index (χ1v) is 12.1. The van der Waals surface area contributed by atoms with Crippen LogP contribution in [-0.2, 0) is 20.6 Å². The van der Waals surface area contributed by atoms with Crippen LogP contribution in [0.4, 0.5) is 0 Å². The van der Waals surface area contributed by atoms with Crippen molar-refractivity contribution in [2.45, 2.75) is 64.5 Å². The molecular formula is C20H31NO5Si. The Morgan fingerprint density at radius 1 is 1.26 bits per heavy atom. The van der Waals surface area contributed by atoms with Gasteiger partial charge < -0.3 is 19.2 Å². The molecule has 0 spiro atoms. The Morgan fingerprint density at radius 2 is 1.81 bits per heavy atom. The largest absolute Gasteiger partial charge is 0.497 e. The molecule has 1 N–H and O–H groups in total. The summed E-state index contributed by atoms with van der Waals surface area (Å²) in [5.41, 5.74) is 0.867. The quantitative estimate of drug-likeness (QED) is 0.567. The van der Waals surface area contributed by atoms with Crippen molar-refractivity contribution >= 4 is 20.2 Å². The minimum atomic E-state index is -2.09. The molecule has 6 nitrogen and oxygen atoms in total. The molecule has 0 bridgehead atoms. The third-order valence-electron chi connectivity index (χ3n) is 5.80. The Labute approximate surface area is 162 Å². The topological polar surface area (TPSA) is 76.1 Å². The summed E-state index contributed by atoms with van der Waals surface area (Å²) in [6.45, 7) is 12.7. The van der Waals surface area contributed by atoms with Crippen LogP contribution in [0.25, 0.3) is 0 Å². The molecule has 1 aromatic carbocycles. The maximum Gasteiger partial charge on any atom is 0.327 e. The molecule has 1 amide bonds. The van der Waals surface area contributed by atoms with Crippen LogP contribution < -0.4 is 4.74 Å². The highest BCUT2D eigenvalue weighted by atomic mass is 28.4. The standard InChI is InChI=1S/C20H31NO5Si/c1-13(26-27(6,7)20(2,3)4)16-17(19(23)24)21(18(16)22)12-14-8-10-15(25-5)11-9-14/h8-11,13,16-17H,12H2,1-7H3,(H,23,24)/t13-,16-,17+/m1/s1. The van der Waals surface area contributed by atoms with Gasteiger partial charge in [-0.2, -0.15) is 0 Å². The first kappa shape index (κ1) is 21.4. The van der Waals surface area contributed by atoms with E-state index in [9.17, 15) is 14.7 Å². The minimum absolute atomic E-state index is 0.00441. The molecular weight excluding hydrogens is 362 g/mol. The van der Waals surface area contributed by atoms with Crippen molar-refractivity contribution in [1.29, 1.82) is 0 Å². The number of rotatable bonds is 7. The van der Waals surface area contributed by atoms with Crippen LogP contribution in [-0.4, -0.2) is 49.5 Å². The predicted molar refractivity (Wildman–Crippen MR) is 106 cm³/mol. The first-order chi connectivity index (χ1) is 12.4. The average Bonchev–Trinajstić information content (AvgIpc) is 2.55. The number of carboxylic acids is 1.